The van der Waals surface area contributed by atoms with Gasteiger partial charge in [0, 0.05) is 35.8 Å². The van der Waals surface area contributed by atoms with Gasteiger partial charge in [-0.1, -0.05) is 13.8 Å². The number of fused-ring (bicyclic) bond motifs is 3. The lowest BCUT2D eigenvalue weighted by molar-refractivity contribution is 0.353. The smallest absolute Gasteiger partial charge is 0.0346 e. The second-order valence-electron chi connectivity index (χ2n) is 6.29. The topological polar surface area (TPSA) is 6.48 Å². The van der Waals surface area contributed by atoms with Gasteiger partial charge in [-0.15, -0.1) is 22.7 Å². The van der Waals surface area contributed by atoms with Gasteiger partial charge >= 0.3 is 0 Å². The van der Waals surface area contributed by atoms with Crippen molar-refractivity contribution in [2.75, 3.05) is 14.1 Å². The van der Waals surface area contributed by atoms with Crippen LogP contribution in [0.2, 0.25) is 0 Å². The van der Waals surface area contributed by atoms with E-state index in [4.69, 9.17) is 0 Å². The van der Waals surface area contributed by atoms with E-state index in [1.807, 2.05) is 36.5 Å². The molecule has 0 saturated heterocycles. The highest BCUT2D eigenvalue weighted by molar-refractivity contribution is 7.17. The van der Waals surface area contributed by atoms with Gasteiger partial charge in [0.05, 0.1) is 0 Å². The zero-order valence-corrected chi connectivity index (χ0v) is 16.6. The maximum Gasteiger partial charge on any atom is 0.0346 e. The lowest BCUT2D eigenvalue weighted by atomic mass is 10.1. The van der Waals surface area contributed by atoms with Crippen molar-refractivity contribution in [3.05, 3.63) is 56.6 Å². The summed E-state index contributed by atoms with van der Waals surface area (Å²) in [4.78, 5) is 6.24. The van der Waals surface area contributed by atoms with Crippen molar-refractivity contribution in [1.82, 2.24) is 9.80 Å². The number of nitrogens with zero attached hydrogens (tertiary/aromatic N) is 2. The maximum absolute atomic E-state index is 2.36. The van der Waals surface area contributed by atoms with E-state index in [0.29, 0.717) is 0 Å². The van der Waals surface area contributed by atoms with Gasteiger partial charge in [0.2, 0.25) is 0 Å². The fourth-order valence-corrected chi connectivity index (χ4v) is 5.08. The molecule has 3 aromatic rings. The second kappa shape index (κ2) is 7.79. The fraction of sp³-hybridized carbons (Fsp3) is 0.400. The molecule has 0 fully saturated rings. The highest BCUT2D eigenvalue weighted by Crippen LogP contribution is 2.29. The summed E-state index contributed by atoms with van der Waals surface area (Å²) in [6.07, 6.45) is 0. The second-order valence-corrected chi connectivity index (χ2v) is 8.24. The third-order valence-electron chi connectivity index (χ3n) is 4.35. The molecule has 2 aliphatic rings. The van der Waals surface area contributed by atoms with Crippen molar-refractivity contribution >= 4 is 32.8 Å². The molecule has 4 heterocycles. The van der Waals surface area contributed by atoms with Crippen molar-refractivity contribution in [3.63, 3.8) is 0 Å². The standard InChI is InChI=1S/C11H11NS.C7H9NS.C2H6/c1-12-6-9-4-8-2-3-13-11(8)5-10(9)7-12;1-8-4-6-2-3-9-7(6)5-8;1-2/h2-5H,6-7H2,1H3;2-3H,4-5H2,1H3;1-2H3. The van der Waals surface area contributed by atoms with E-state index in [9.17, 15) is 0 Å². The van der Waals surface area contributed by atoms with Crippen molar-refractivity contribution < 1.29 is 0 Å². The van der Waals surface area contributed by atoms with Gasteiger partial charge in [-0.25, -0.2) is 0 Å². The maximum atomic E-state index is 2.36. The van der Waals surface area contributed by atoms with Crippen LogP contribution in [0, 0.1) is 0 Å². The lowest BCUT2D eigenvalue weighted by Crippen LogP contribution is -2.07. The summed E-state index contributed by atoms with van der Waals surface area (Å²) in [6, 6.07) is 9.12. The molecular weight excluding hydrogens is 332 g/mol. The van der Waals surface area contributed by atoms with E-state index >= 15 is 0 Å². The molecule has 0 saturated carbocycles. The predicted octanol–water partition coefficient (Wildman–Crippen LogP) is 5.57. The Morgan fingerprint density at radius 2 is 1.38 bits per heavy atom. The van der Waals surface area contributed by atoms with E-state index in [1.54, 1.807) is 4.88 Å². The number of benzene rings is 1. The minimum atomic E-state index is 1.11. The van der Waals surface area contributed by atoms with Gasteiger partial charge < -0.3 is 0 Å². The normalized spacial score (nSPS) is 16.2. The molecule has 0 unspecified atom stereocenters. The number of rotatable bonds is 0. The summed E-state index contributed by atoms with van der Waals surface area (Å²) in [5, 5.41) is 5.75. The van der Waals surface area contributed by atoms with Crippen LogP contribution in [-0.2, 0) is 26.2 Å². The molecule has 24 heavy (non-hydrogen) atoms. The Balaban J connectivity index is 0.000000135. The Morgan fingerprint density at radius 1 is 0.750 bits per heavy atom. The van der Waals surface area contributed by atoms with E-state index in [-0.39, 0.29) is 0 Å². The van der Waals surface area contributed by atoms with Gasteiger partial charge in [0.15, 0.2) is 0 Å². The first-order valence-corrected chi connectivity index (χ1v) is 10.4. The van der Waals surface area contributed by atoms with Crippen molar-refractivity contribution in [3.8, 4) is 0 Å². The summed E-state index contributed by atoms with van der Waals surface area (Å²) >= 11 is 3.71. The van der Waals surface area contributed by atoms with Gasteiger partial charge in [-0.3, -0.25) is 9.80 Å². The molecule has 0 amide bonds. The van der Waals surface area contributed by atoms with Crippen LogP contribution in [0.5, 0.6) is 0 Å². The Labute approximate surface area is 153 Å². The summed E-state index contributed by atoms with van der Waals surface area (Å²) in [7, 11) is 4.33. The number of hydrogen-bond acceptors (Lipinski definition) is 4. The molecular formula is C20H26N2S2. The molecule has 5 rings (SSSR count). The van der Waals surface area contributed by atoms with E-state index in [0.717, 1.165) is 26.2 Å². The van der Waals surface area contributed by atoms with Crippen molar-refractivity contribution in [2.45, 2.75) is 40.0 Å². The molecule has 4 heteroatoms. The van der Waals surface area contributed by atoms with Crippen molar-refractivity contribution in [2.24, 2.45) is 0 Å². The molecule has 2 aromatic heterocycles. The van der Waals surface area contributed by atoms with Gasteiger partial charge in [-0.05, 0) is 71.2 Å². The molecule has 0 spiro atoms. The van der Waals surface area contributed by atoms with Gasteiger partial charge in [-0.2, -0.15) is 0 Å². The first-order chi connectivity index (χ1) is 11.7. The fourth-order valence-electron chi connectivity index (χ4n) is 3.27. The first kappa shape index (κ1) is 17.6. The van der Waals surface area contributed by atoms with Gasteiger partial charge in [0.25, 0.3) is 0 Å². The Bertz CT molecular complexity index is 742. The quantitative estimate of drug-likeness (QED) is 0.518. The van der Waals surface area contributed by atoms with E-state index < -0.39 is 0 Å². The lowest BCUT2D eigenvalue weighted by Gasteiger charge is -2.02. The molecule has 0 aliphatic carbocycles. The molecule has 128 valence electrons. The number of thiophene rings is 2. The third kappa shape index (κ3) is 3.72. The van der Waals surface area contributed by atoms with Crippen LogP contribution >= 0.6 is 22.7 Å². The van der Waals surface area contributed by atoms with Crippen molar-refractivity contribution in [1.29, 1.82) is 0 Å². The average Bonchev–Trinajstić information content (AvgIpc) is 3.30. The van der Waals surface area contributed by atoms with E-state index in [1.165, 1.54) is 26.8 Å². The molecule has 0 radical (unpaired) electrons. The molecule has 0 N–H and O–H groups in total. The van der Waals surface area contributed by atoms with Crippen LogP contribution in [0.4, 0.5) is 0 Å². The molecule has 0 atom stereocenters. The summed E-state index contributed by atoms with van der Waals surface area (Å²) in [6.45, 7) is 8.54. The van der Waals surface area contributed by atoms with Crippen LogP contribution in [0.1, 0.15) is 35.4 Å². The highest BCUT2D eigenvalue weighted by Gasteiger charge is 2.16. The van der Waals surface area contributed by atoms with Gasteiger partial charge in [0.1, 0.15) is 0 Å². The van der Waals surface area contributed by atoms with E-state index in [2.05, 4.69) is 58.9 Å². The predicted molar refractivity (Wildman–Crippen MR) is 108 cm³/mol. The Kier molecular flexibility index (Phi) is 5.72. The largest absolute Gasteiger partial charge is 0.298 e. The minimum Gasteiger partial charge on any atom is -0.298 e. The van der Waals surface area contributed by atoms with Crippen LogP contribution in [0.15, 0.2) is 35.0 Å². The molecule has 2 aliphatic heterocycles. The first-order valence-electron chi connectivity index (χ1n) is 8.60. The molecule has 0 bridgehead atoms. The average molecular weight is 359 g/mol. The monoisotopic (exact) mass is 358 g/mol. The molecule has 1 aromatic carbocycles. The zero-order valence-electron chi connectivity index (χ0n) is 15.0. The summed E-state index contributed by atoms with van der Waals surface area (Å²) in [5.74, 6) is 0. The van der Waals surface area contributed by atoms with Crippen LogP contribution in [0.25, 0.3) is 10.1 Å². The summed E-state index contributed by atoms with van der Waals surface area (Å²) in [5.41, 5.74) is 4.55. The van der Waals surface area contributed by atoms with Crippen LogP contribution in [0.3, 0.4) is 0 Å². The Hall–Kier alpha value is -1.20. The van der Waals surface area contributed by atoms with Crippen LogP contribution < -0.4 is 0 Å². The summed E-state index contributed by atoms with van der Waals surface area (Å²) < 4.78 is 1.43. The van der Waals surface area contributed by atoms with Crippen LogP contribution in [-0.4, -0.2) is 23.9 Å². The highest BCUT2D eigenvalue weighted by atomic mass is 32.1. The zero-order chi connectivity index (χ0) is 17.1. The Morgan fingerprint density at radius 3 is 2.12 bits per heavy atom. The SMILES string of the molecule is CC.CN1Cc2cc3ccsc3cc2C1.CN1Cc2ccsc2C1. The third-order valence-corrected chi connectivity index (χ3v) is 6.17. The number of hydrogen-bond donors (Lipinski definition) is 0. The minimum absolute atomic E-state index is 1.11. The molecule has 2 nitrogen and oxygen atoms in total.